The summed E-state index contributed by atoms with van der Waals surface area (Å²) in [5.41, 5.74) is 4.60. The van der Waals surface area contributed by atoms with Crippen molar-refractivity contribution in [1.82, 2.24) is 5.32 Å². The highest BCUT2D eigenvalue weighted by molar-refractivity contribution is 6.00. The minimum Gasteiger partial charge on any atom is -0.489 e. The van der Waals surface area contributed by atoms with Crippen LogP contribution in [-0.4, -0.2) is 12.5 Å². The summed E-state index contributed by atoms with van der Waals surface area (Å²) >= 11 is 0. The molecule has 4 heteroatoms. The third-order valence-electron chi connectivity index (χ3n) is 6.60. The molecule has 192 valence electrons. The highest BCUT2D eigenvalue weighted by Gasteiger charge is 2.21. The Labute approximate surface area is 217 Å². The van der Waals surface area contributed by atoms with Crippen molar-refractivity contribution < 1.29 is 9.53 Å². The number of anilines is 2. The largest absolute Gasteiger partial charge is 0.489 e. The van der Waals surface area contributed by atoms with Crippen LogP contribution in [0.4, 0.5) is 11.4 Å². The van der Waals surface area contributed by atoms with Gasteiger partial charge in [0.2, 0.25) is 0 Å². The van der Waals surface area contributed by atoms with Gasteiger partial charge in [-0.25, -0.2) is 0 Å². The molecule has 0 saturated heterocycles. The molecular weight excluding hydrogens is 444 g/mol. The molecule has 0 heterocycles. The van der Waals surface area contributed by atoms with Crippen molar-refractivity contribution in [1.29, 1.82) is 0 Å². The van der Waals surface area contributed by atoms with Gasteiger partial charge in [-0.1, -0.05) is 96.3 Å². The fourth-order valence-corrected chi connectivity index (χ4v) is 4.46. The molecule has 3 rings (SSSR count). The smallest absolute Gasteiger partial charge is 0.253 e. The second kappa shape index (κ2) is 13.2. The first kappa shape index (κ1) is 27.3. The molecule has 0 aromatic heterocycles. The van der Waals surface area contributed by atoms with Gasteiger partial charge in [0.25, 0.3) is 5.91 Å². The minimum atomic E-state index is -0.111. The molecule has 1 atom stereocenters. The van der Waals surface area contributed by atoms with E-state index >= 15 is 0 Å². The van der Waals surface area contributed by atoms with Gasteiger partial charge in [-0.05, 0) is 59.2 Å². The van der Waals surface area contributed by atoms with Crippen LogP contribution in [0.2, 0.25) is 0 Å². The van der Waals surface area contributed by atoms with Crippen LogP contribution in [0.15, 0.2) is 72.8 Å². The number of carbonyl (C=O) groups excluding carboxylic acids is 1. The van der Waals surface area contributed by atoms with E-state index in [4.69, 9.17) is 4.74 Å². The summed E-state index contributed by atoms with van der Waals surface area (Å²) in [5.74, 6) is 1.46. The van der Waals surface area contributed by atoms with Crippen molar-refractivity contribution in [2.75, 3.05) is 11.9 Å². The van der Waals surface area contributed by atoms with Crippen molar-refractivity contribution in [2.45, 2.75) is 72.3 Å². The van der Waals surface area contributed by atoms with E-state index in [1.54, 1.807) is 0 Å². The van der Waals surface area contributed by atoms with Crippen LogP contribution in [-0.2, 0) is 12.0 Å². The summed E-state index contributed by atoms with van der Waals surface area (Å²) in [6, 6.07) is 24.0. The molecule has 0 aliphatic carbocycles. The first-order chi connectivity index (χ1) is 17.3. The molecule has 0 spiro atoms. The molecule has 1 amide bonds. The van der Waals surface area contributed by atoms with Gasteiger partial charge in [0.05, 0.1) is 11.3 Å². The van der Waals surface area contributed by atoms with Crippen molar-refractivity contribution >= 4 is 17.3 Å². The predicted molar refractivity (Wildman–Crippen MR) is 151 cm³/mol. The Bertz CT molecular complexity index is 1100. The third-order valence-corrected chi connectivity index (χ3v) is 6.60. The van der Waals surface area contributed by atoms with Gasteiger partial charge in [-0.2, -0.15) is 0 Å². The van der Waals surface area contributed by atoms with Gasteiger partial charge in [0, 0.05) is 12.2 Å². The Morgan fingerprint density at radius 1 is 0.889 bits per heavy atom. The summed E-state index contributed by atoms with van der Waals surface area (Å²) < 4.78 is 6.09. The lowest BCUT2D eigenvalue weighted by molar-refractivity contribution is 0.0952. The highest BCUT2D eigenvalue weighted by Crippen LogP contribution is 2.35. The molecule has 3 aromatic rings. The number of hydrogen-bond donors (Lipinski definition) is 2. The maximum atomic E-state index is 13.1. The third kappa shape index (κ3) is 7.87. The lowest BCUT2D eigenvalue weighted by Crippen LogP contribution is -2.26. The van der Waals surface area contributed by atoms with Crippen LogP contribution in [0.25, 0.3) is 0 Å². The first-order valence-electron chi connectivity index (χ1n) is 13.3. The number of ether oxygens (including phenoxy) is 1. The minimum absolute atomic E-state index is 0.0374. The number of hydrogen-bond acceptors (Lipinski definition) is 3. The van der Waals surface area contributed by atoms with Crippen LogP contribution in [0.3, 0.4) is 0 Å². The zero-order chi connectivity index (χ0) is 26.0. The average molecular weight is 487 g/mol. The van der Waals surface area contributed by atoms with E-state index in [0.29, 0.717) is 24.6 Å². The Balaban J connectivity index is 1.75. The van der Waals surface area contributed by atoms with Crippen LogP contribution < -0.4 is 15.4 Å². The van der Waals surface area contributed by atoms with Gasteiger partial charge in [0.1, 0.15) is 12.4 Å². The van der Waals surface area contributed by atoms with E-state index in [1.165, 1.54) is 12.8 Å². The van der Waals surface area contributed by atoms with Crippen molar-refractivity contribution in [3.63, 3.8) is 0 Å². The topological polar surface area (TPSA) is 50.4 Å². The summed E-state index contributed by atoms with van der Waals surface area (Å²) in [5, 5.41) is 6.68. The lowest BCUT2D eigenvalue weighted by Gasteiger charge is -2.25. The molecule has 0 aliphatic heterocycles. The van der Waals surface area contributed by atoms with Crippen molar-refractivity contribution in [3.8, 4) is 5.75 Å². The number of rotatable bonds is 12. The molecule has 0 fully saturated rings. The average Bonchev–Trinajstić information content (AvgIpc) is 2.87. The molecule has 1 unspecified atom stereocenters. The van der Waals surface area contributed by atoms with Crippen LogP contribution in [0.1, 0.15) is 81.8 Å². The summed E-state index contributed by atoms with van der Waals surface area (Å²) in [4.78, 5) is 13.1. The summed E-state index contributed by atoms with van der Waals surface area (Å²) in [6.07, 6.45) is 4.57. The second-order valence-corrected chi connectivity index (χ2v) is 10.5. The van der Waals surface area contributed by atoms with Crippen LogP contribution in [0.5, 0.6) is 5.75 Å². The van der Waals surface area contributed by atoms with Gasteiger partial charge in [-0.15, -0.1) is 0 Å². The molecule has 36 heavy (non-hydrogen) atoms. The molecule has 4 nitrogen and oxygen atoms in total. The number of amides is 1. The molecule has 0 radical (unpaired) electrons. The number of para-hydroxylation sites is 1. The van der Waals surface area contributed by atoms with Crippen molar-refractivity contribution in [2.24, 2.45) is 5.92 Å². The Hall–Kier alpha value is -3.27. The molecular formula is C32H42N2O2. The Morgan fingerprint density at radius 3 is 2.31 bits per heavy atom. The molecule has 3 aromatic carbocycles. The van der Waals surface area contributed by atoms with E-state index in [9.17, 15) is 4.79 Å². The number of carbonyl (C=O) groups is 1. The quantitative estimate of drug-likeness (QED) is 0.271. The molecule has 0 saturated carbocycles. The van der Waals surface area contributed by atoms with Crippen LogP contribution in [0, 0.1) is 5.92 Å². The predicted octanol–water partition coefficient (Wildman–Crippen LogP) is 8.25. The monoisotopic (exact) mass is 486 g/mol. The lowest BCUT2D eigenvalue weighted by atomic mass is 9.85. The highest BCUT2D eigenvalue weighted by atomic mass is 16.5. The molecule has 0 bridgehead atoms. The fourth-order valence-electron chi connectivity index (χ4n) is 4.46. The standard InChI is InChI=1S/C32H42N2O2/c1-6-13-24(7-2)20-21-33-31(35)27-16-11-12-17-29(27)34-30-19-18-26(22-28(30)32(3,4)5)36-23-25-14-9-8-10-15-25/h8-12,14-19,22,24,34H,6-7,13,20-21,23H2,1-5H3,(H,33,35). The van der Waals surface area contributed by atoms with E-state index in [2.05, 4.69) is 63.5 Å². The van der Waals surface area contributed by atoms with Gasteiger partial charge in [0.15, 0.2) is 0 Å². The van der Waals surface area contributed by atoms with E-state index in [0.717, 1.165) is 41.1 Å². The first-order valence-corrected chi connectivity index (χ1v) is 13.3. The molecule has 2 N–H and O–H groups in total. The van der Waals surface area contributed by atoms with E-state index in [1.807, 2.05) is 54.6 Å². The number of nitrogens with one attached hydrogen (secondary N) is 2. The SMILES string of the molecule is CCCC(CC)CCNC(=O)c1ccccc1Nc1ccc(OCc2ccccc2)cc1C(C)(C)C. The van der Waals surface area contributed by atoms with Gasteiger partial charge < -0.3 is 15.4 Å². The van der Waals surface area contributed by atoms with Gasteiger partial charge in [-0.3, -0.25) is 4.79 Å². The maximum absolute atomic E-state index is 13.1. The number of benzene rings is 3. The Morgan fingerprint density at radius 2 is 1.61 bits per heavy atom. The maximum Gasteiger partial charge on any atom is 0.253 e. The van der Waals surface area contributed by atoms with Crippen molar-refractivity contribution in [3.05, 3.63) is 89.5 Å². The second-order valence-electron chi connectivity index (χ2n) is 10.5. The zero-order valence-electron chi connectivity index (χ0n) is 22.6. The zero-order valence-corrected chi connectivity index (χ0v) is 22.6. The van der Waals surface area contributed by atoms with E-state index in [-0.39, 0.29) is 11.3 Å². The van der Waals surface area contributed by atoms with E-state index < -0.39 is 0 Å². The normalized spacial score (nSPS) is 12.1. The van der Waals surface area contributed by atoms with Crippen LogP contribution >= 0.6 is 0 Å². The Kier molecular flexibility index (Phi) is 9.98. The fraction of sp³-hybridized carbons (Fsp3) is 0.406. The summed E-state index contributed by atoms with van der Waals surface area (Å²) in [7, 11) is 0. The molecule has 0 aliphatic rings. The summed E-state index contributed by atoms with van der Waals surface area (Å²) in [6.45, 7) is 12.2. The van der Waals surface area contributed by atoms with Gasteiger partial charge >= 0.3 is 0 Å².